The highest BCUT2D eigenvalue weighted by molar-refractivity contribution is 5.85. The van der Waals surface area contributed by atoms with Crippen LogP contribution in [0.3, 0.4) is 0 Å². The Bertz CT molecular complexity index is 1110. The fraction of sp³-hybridized carbons (Fsp3) is 0.649. The minimum atomic E-state index is -0.785. The molecule has 0 unspecified atom stereocenters. The number of amides is 1. The number of aliphatic hydroxyl groups is 1. The van der Waals surface area contributed by atoms with Crippen LogP contribution >= 0.6 is 12.4 Å². The average molecular weight is 665 g/mol. The molecule has 2 aromatic rings. The van der Waals surface area contributed by atoms with Crippen LogP contribution in [0.2, 0.25) is 0 Å². The fourth-order valence-electron chi connectivity index (χ4n) is 5.37. The summed E-state index contributed by atoms with van der Waals surface area (Å²) < 4.78 is 22.5. The van der Waals surface area contributed by atoms with Gasteiger partial charge >= 0.3 is 0 Å². The van der Waals surface area contributed by atoms with E-state index in [-0.39, 0.29) is 41.5 Å². The van der Waals surface area contributed by atoms with E-state index in [4.69, 9.17) is 24.7 Å². The third kappa shape index (κ3) is 14.9. The summed E-state index contributed by atoms with van der Waals surface area (Å²) in [6.45, 7) is 15.0. The van der Waals surface area contributed by atoms with E-state index >= 15 is 0 Å². The quantitative estimate of drug-likeness (QED) is 0.120. The van der Waals surface area contributed by atoms with Crippen LogP contribution in [-0.2, 0) is 16.0 Å². The summed E-state index contributed by atoms with van der Waals surface area (Å²) in [5, 5.41) is 14.4. The van der Waals surface area contributed by atoms with Gasteiger partial charge in [0.15, 0.2) is 11.5 Å². The first-order chi connectivity index (χ1) is 21.4. The lowest BCUT2D eigenvalue weighted by Gasteiger charge is -2.31. The van der Waals surface area contributed by atoms with Gasteiger partial charge in [0.1, 0.15) is 5.75 Å². The molecular weight excluding hydrogens is 604 g/mol. The van der Waals surface area contributed by atoms with Gasteiger partial charge < -0.3 is 35.1 Å². The predicted molar refractivity (Wildman–Crippen MR) is 189 cm³/mol. The molecular formula is C37H61ClN2O6. The molecule has 0 saturated heterocycles. The number of benzene rings is 2. The maximum Gasteiger partial charge on any atom is 0.223 e. The lowest BCUT2D eigenvalue weighted by atomic mass is 9.80. The molecule has 4 atom stereocenters. The molecule has 0 aliphatic rings. The number of para-hydroxylation sites is 1. The molecule has 0 radical (unpaired) electrons. The number of carbonyl (C=O) groups is 1. The van der Waals surface area contributed by atoms with Crippen molar-refractivity contribution in [1.29, 1.82) is 0 Å². The van der Waals surface area contributed by atoms with Gasteiger partial charge in [0, 0.05) is 38.6 Å². The Morgan fingerprint density at radius 2 is 1.61 bits per heavy atom. The van der Waals surface area contributed by atoms with Crippen molar-refractivity contribution in [1.82, 2.24) is 5.32 Å². The van der Waals surface area contributed by atoms with Gasteiger partial charge in [-0.3, -0.25) is 4.79 Å². The van der Waals surface area contributed by atoms with Gasteiger partial charge in [-0.15, -0.1) is 12.4 Å². The van der Waals surface area contributed by atoms with Crippen LogP contribution in [0.1, 0.15) is 72.8 Å². The summed E-state index contributed by atoms with van der Waals surface area (Å²) in [5.41, 5.74) is 7.62. The SMILES string of the molecule is COCCCOc1cc(C[C@@H](C[C@H](N)[C@@H](O)C[C@H](C(=O)NCC(C)(C)CCOc2ccccc2)C(C)C)C(C)C)ccc1OC.Cl. The number of hydrogen-bond donors (Lipinski definition) is 3. The smallest absolute Gasteiger partial charge is 0.223 e. The third-order valence-electron chi connectivity index (χ3n) is 8.66. The Morgan fingerprint density at radius 1 is 0.913 bits per heavy atom. The second-order valence-electron chi connectivity index (χ2n) is 13.7. The van der Waals surface area contributed by atoms with Crippen LogP contribution in [0.4, 0.5) is 0 Å². The first-order valence-corrected chi connectivity index (χ1v) is 16.5. The van der Waals surface area contributed by atoms with Gasteiger partial charge in [-0.2, -0.15) is 0 Å². The molecule has 9 heteroatoms. The topological polar surface area (TPSA) is 112 Å². The summed E-state index contributed by atoms with van der Waals surface area (Å²) >= 11 is 0. The number of methoxy groups -OCH3 is 2. The summed E-state index contributed by atoms with van der Waals surface area (Å²) in [6.07, 6.45) is 2.58. The number of nitrogens with two attached hydrogens (primary N) is 1. The second kappa shape index (κ2) is 21.4. The summed E-state index contributed by atoms with van der Waals surface area (Å²) in [5.74, 6) is 2.56. The molecule has 0 aromatic heterocycles. The standard InChI is InChI=1S/C37H60N2O6.ClH/c1-26(2)29(21-28-15-16-34(43-8)35(22-28)45-19-12-18-42-7)23-32(38)33(40)24-31(27(3)4)36(41)39-25-37(5,6)17-20-44-30-13-10-9-11-14-30;/h9-11,13-16,22,26-27,29,31-33,40H,12,17-21,23-25,38H2,1-8H3,(H,39,41);1H/t29-,31-,32-,33-;/m0./s1. The Morgan fingerprint density at radius 3 is 2.22 bits per heavy atom. The molecule has 0 saturated carbocycles. The minimum absolute atomic E-state index is 0. The number of carbonyl (C=O) groups excluding carboxylic acids is 1. The number of aliphatic hydroxyl groups excluding tert-OH is 1. The second-order valence-corrected chi connectivity index (χ2v) is 13.7. The maximum atomic E-state index is 13.3. The van der Waals surface area contributed by atoms with Crippen molar-refractivity contribution in [3.63, 3.8) is 0 Å². The molecule has 2 aromatic carbocycles. The molecule has 0 aliphatic carbocycles. The Hall–Kier alpha value is -2.52. The monoisotopic (exact) mass is 664 g/mol. The molecule has 262 valence electrons. The molecule has 0 spiro atoms. The zero-order valence-electron chi connectivity index (χ0n) is 29.4. The maximum absolute atomic E-state index is 13.3. The minimum Gasteiger partial charge on any atom is -0.494 e. The van der Waals surface area contributed by atoms with Crippen LogP contribution in [0.25, 0.3) is 0 Å². The number of rotatable bonds is 22. The van der Waals surface area contributed by atoms with Crippen molar-refractivity contribution in [3.8, 4) is 17.2 Å². The normalized spacial score (nSPS) is 14.3. The van der Waals surface area contributed by atoms with E-state index < -0.39 is 12.1 Å². The van der Waals surface area contributed by atoms with E-state index in [2.05, 4.69) is 39.1 Å². The zero-order chi connectivity index (χ0) is 33.4. The predicted octanol–water partition coefficient (Wildman–Crippen LogP) is 6.70. The van der Waals surface area contributed by atoms with Gasteiger partial charge in [0.05, 0.1) is 26.4 Å². The molecule has 2 rings (SSSR count). The van der Waals surface area contributed by atoms with Crippen molar-refractivity contribution in [2.75, 3.05) is 40.6 Å². The van der Waals surface area contributed by atoms with E-state index in [1.54, 1.807) is 14.2 Å². The van der Waals surface area contributed by atoms with E-state index in [1.165, 1.54) is 0 Å². The first-order valence-electron chi connectivity index (χ1n) is 16.5. The van der Waals surface area contributed by atoms with Crippen molar-refractivity contribution < 1.29 is 28.8 Å². The fourth-order valence-corrected chi connectivity index (χ4v) is 5.37. The van der Waals surface area contributed by atoms with Crippen LogP contribution in [0.5, 0.6) is 17.2 Å². The molecule has 0 fully saturated rings. The van der Waals surface area contributed by atoms with Gasteiger partial charge in [-0.25, -0.2) is 0 Å². The summed E-state index contributed by atoms with van der Waals surface area (Å²) in [6, 6.07) is 15.4. The molecule has 0 aliphatic heterocycles. The first kappa shape index (κ1) is 41.5. The summed E-state index contributed by atoms with van der Waals surface area (Å²) in [4.78, 5) is 13.3. The van der Waals surface area contributed by atoms with Gasteiger partial charge in [-0.1, -0.05) is 65.8 Å². The summed E-state index contributed by atoms with van der Waals surface area (Å²) in [7, 11) is 3.32. The molecule has 1 amide bonds. The van der Waals surface area contributed by atoms with Crippen molar-refractivity contribution in [3.05, 3.63) is 54.1 Å². The van der Waals surface area contributed by atoms with Crippen molar-refractivity contribution in [2.45, 2.75) is 85.8 Å². The van der Waals surface area contributed by atoms with Gasteiger partial charge in [0.2, 0.25) is 5.91 Å². The number of hydrogen-bond acceptors (Lipinski definition) is 7. The number of halogens is 1. The zero-order valence-corrected chi connectivity index (χ0v) is 30.2. The third-order valence-corrected chi connectivity index (χ3v) is 8.66. The lowest BCUT2D eigenvalue weighted by molar-refractivity contribution is -0.128. The average Bonchev–Trinajstić information content (AvgIpc) is 3.00. The highest BCUT2D eigenvalue weighted by Crippen LogP contribution is 2.32. The number of nitrogens with one attached hydrogen (secondary N) is 1. The van der Waals surface area contributed by atoms with Crippen LogP contribution in [0, 0.1) is 29.1 Å². The van der Waals surface area contributed by atoms with Crippen molar-refractivity contribution in [2.24, 2.45) is 34.8 Å². The highest BCUT2D eigenvalue weighted by Gasteiger charge is 2.31. The Labute approximate surface area is 284 Å². The number of ether oxygens (including phenoxy) is 4. The Kier molecular flexibility index (Phi) is 19.3. The van der Waals surface area contributed by atoms with E-state index in [1.807, 2.05) is 56.3 Å². The van der Waals surface area contributed by atoms with Crippen LogP contribution in [-0.4, -0.2) is 63.7 Å². The molecule has 4 N–H and O–H groups in total. The van der Waals surface area contributed by atoms with Gasteiger partial charge in [-0.05, 0) is 78.7 Å². The van der Waals surface area contributed by atoms with E-state index in [9.17, 15) is 9.90 Å². The lowest BCUT2D eigenvalue weighted by Crippen LogP contribution is -2.44. The van der Waals surface area contributed by atoms with Crippen LogP contribution in [0.15, 0.2) is 48.5 Å². The van der Waals surface area contributed by atoms with Crippen molar-refractivity contribution >= 4 is 18.3 Å². The van der Waals surface area contributed by atoms with Gasteiger partial charge in [0.25, 0.3) is 0 Å². The largest absolute Gasteiger partial charge is 0.494 e. The van der Waals surface area contributed by atoms with E-state index in [0.29, 0.717) is 50.9 Å². The molecule has 0 heterocycles. The highest BCUT2D eigenvalue weighted by atomic mass is 35.5. The Balaban J connectivity index is 0.0000106. The molecule has 8 nitrogen and oxygen atoms in total. The molecule has 46 heavy (non-hydrogen) atoms. The van der Waals surface area contributed by atoms with E-state index in [0.717, 1.165) is 36.3 Å². The van der Waals surface area contributed by atoms with Crippen LogP contribution < -0.4 is 25.3 Å². The molecule has 0 bridgehead atoms.